The van der Waals surface area contributed by atoms with Gasteiger partial charge in [-0.05, 0) is 127 Å². The molecule has 4 nitrogen and oxygen atoms in total. The Kier molecular flexibility index (Phi) is 6.71. The normalized spacial score (nSPS) is 50.5. The highest BCUT2D eigenvalue weighted by Crippen LogP contribution is 2.59. The molecule has 1 aliphatic heterocycles. The number of fused-ring (bicyclic) bond motifs is 2. The first-order valence-electron chi connectivity index (χ1n) is 14.0. The monoisotopic (exact) mass is 476 g/mol. The highest BCUT2D eigenvalue weighted by molar-refractivity contribution is 5.17. The van der Waals surface area contributed by atoms with Gasteiger partial charge >= 0.3 is 0 Å². The maximum absolute atomic E-state index is 11.7. The molecule has 0 amide bonds. The zero-order chi connectivity index (χ0) is 25.3. The predicted molar refractivity (Wildman–Crippen MR) is 137 cm³/mol. The Morgan fingerprint density at radius 2 is 1.50 bits per heavy atom. The molecule has 0 aromatic carbocycles. The molecule has 1 heterocycles. The molecule has 0 aromatic rings. The van der Waals surface area contributed by atoms with E-state index in [9.17, 15) is 15.3 Å². The lowest BCUT2D eigenvalue weighted by atomic mass is 9.55. The molecule has 0 unspecified atom stereocenters. The van der Waals surface area contributed by atoms with Crippen LogP contribution in [0.4, 0.5) is 0 Å². The average molecular weight is 477 g/mol. The van der Waals surface area contributed by atoms with Gasteiger partial charge in [-0.1, -0.05) is 32.4 Å². The summed E-state index contributed by atoms with van der Waals surface area (Å²) in [5.74, 6) is 1.44. The molecular weight excluding hydrogens is 424 g/mol. The molecule has 34 heavy (non-hydrogen) atoms. The van der Waals surface area contributed by atoms with E-state index in [1.807, 2.05) is 27.7 Å². The summed E-state index contributed by atoms with van der Waals surface area (Å²) in [4.78, 5) is 0. The first-order valence-corrected chi connectivity index (χ1v) is 14.0. The van der Waals surface area contributed by atoms with Crippen molar-refractivity contribution >= 4 is 0 Å². The van der Waals surface area contributed by atoms with Gasteiger partial charge in [0.2, 0.25) is 0 Å². The summed E-state index contributed by atoms with van der Waals surface area (Å²) in [6.45, 7) is 17.6. The quantitative estimate of drug-likeness (QED) is 0.436. The van der Waals surface area contributed by atoms with Crippen LogP contribution >= 0.6 is 0 Å². The second-order valence-corrected chi connectivity index (χ2v) is 14.5. The van der Waals surface area contributed by atoms with Gasteiger partial charge in [0.05, 0.1) is 29.0 Å². The van der Waals surface area contributed by atoms with Gasteiger partial charge in [-0.2, -0.15) is 0 Å². The Morgan fingerprint density at radius 1 is 0.853 bits per heavy atom. The minimum Gasteiger partial charge on any atom is -0.390 e. The van der Waals surface area contributed by atoms with E-state index in [4.69, 9.17) is 4.74 Å². The molecule has 4 heteroatoms. The number of ether oxygens (including phenoxy) is 1. The number of hydrogen-bond acceptors (Lipinski definition) is 4. The van der Waals surface area contributed by atoms with Crippen LogP contribution in [-0.2, 0) is 4.74 Å². The lowest BCUT2D eigenvalue weighted by Gasteiger charge is -2.54. The Bertz CT molecular complexity index is 794. The number of hydrogen-bond donors (Lipinski definition) is 3. The maximum Gasteiger partial charge on any atom is 0.0888 e. The fourth-order valence-corrected chi connectivity index (χ4v) is 9.08. The third-order valence-electron chi connectivity index (χ3n) is 11.5. The van der Waals surface area contributed by atoms with E-state index < -0.39 is 22.9 Å². The van der Waals surface area contributed by atoms with Crippen molar-refractivity contribution in [2.24, 2.45) is 34.5 Å². The summed E-state index contributed by atoms with van der Waals surface area (Å²) in [6, 6.07) is 0. The van der Waals surface area contributed by atoms with E-state index in [0.29, 0.717) is 17.8 Å². The molecule has 196 valence electrons. The number of aliphatic hydroxyl groups excluding tert-OH is 1. The molecule has 3 N–H and O–H groups in total. The first kappa shape index (κ1) is 26.6. The molecule has 3 fully saturated rings. The van der Waals surface area contributed by atoms with E-state index in [-0.39, 0.29) is 22.9 Å². The minimum atomic E-state index is -0.722. The molecule has 2 saturated carbocycles. The van der Waals surface area contributed by atoms with Crippen LogP contribution in [0.5, 0.6) is 0 Å². The second-order valence-electron chi connectivity index (χ2n) is 14.5. The van der Waals surface area contributed by atoms with E-state index in [1.165, 1.54) is 5.57 Å². The standard InChI is InChI=1S/C30H52O4/c1-19-9-10-22-21(13-17-29(22,7)32)26(2,3)20(19)11-12-23-28(6)16-14-24(31)27(4,5)34-25(28)15-18-30(23,8)33/h9,20-25,31-33H,10-18H2,1-8H3/t20-,21+,22+,23+,24+,25+,28+,29+,30-/m1/s1. The molecule has 0 bridgehead atoms. The molecule has 4 aliphatic rings. The SMILES string of the molecule is CC1=CC[C@H]2[C@H](CC[C@]2(C)O)C(C)(C)[C@@H]1CC[C@H]1[C@]2(C)CC[C@H](O)C(C)(C)O[C@H]2CC[C@@]1(C)O. The Hall–Kier alpha value is -0.420. The number of aliphatic hydroxyl groups is 3. The third kappa shape index (κ3) is 4.33. The Labute approximate surface area is 208 Å². The summed E-state index contributed by atoms with van der Waals surface area (Å²) in [7, 11) is 0. The maximum atomic E-state index is 11.7. The van der Waals surface area contributed by atoms with Crippen LogP contribution in [0.2, 0.25) is 0 Å². The van der Waals surface area contributed by atoms with Gasteiger partial charge < -0.3 is 20.1 Å². The van der Waals surface area contributed by atoms with Crippen LogP contribution in [0.1, 0.15) is 113 Å². The first-order chi connectivity index (χ1) is 15.5. The van der Waals surface area contributed by atoms with Gasteiger partial charge in [-0.15, -0.1) is 0 Å². The van der Waals surface area contributed by atoms with Gasteiger partial charge in [-0.3, -0.25) is 0 Å². The zero-order valence-corrected chi connectivity index (χ0v) is 23.2. The van der Waals surface area contributed by atoms with Crippen molar-refractivity contribution < 1.29 is 20.1 Å². The van der Waals surface area contributed by atoms with E-state index >= 15 is 0 Å². The topological polar surface area (TPSA) is 69.9 Å². The summed E-state index contributed by atoms with van der Waals surface area (Å²) in [6.07, 6.45) is 10.2. The fraction of sp³-hybridized carbons (Fsp3) is 0.933. The average Bonchev–Trinajstić information content (AvgIpc) is 2.93. The lowest BCUT2D eigenvalue weighted by molar-refractivity contribution is -0.206. The number of rotatable bonds is 3. The highest BCUT2D eigenvalue weighted by Gasteiger charge is 2.57. The van der Waals surface area contributed by atoms with Crippen molar-refractivity contribution in [3.8, 4) is 0 Å². The van der Waals surface area contributed by atoms with Crippen molar-refractivity contribution in [3.63, 3.8) is 0 Å². The molecule has 9 atom stereocenters. The van der Waals surface area contributed by atoms with Crippen LogP contribution in [0.3, 0.4) is 0 Å². The van der Waals surface area contributed by atoms with E-state index in [0.717, 1.165) is 57.8 Å². The minimum absolute atomic E-state index is 0.0676. The predicted octanol–water partition coefficient (Wildman–Crippen LogP) is 6.02. The van der Waals surface area contributed by atoms with Gasteiger partial charge in [0.1, 0.15) is 0 Å². The van der Waals surface area contributed by atoms with Gasteiger partial charge in [0.15, 0.2) is 0 Å². The van der Waals surface area contributed by atoms with Gasteiger partial charge in [0.25, 0.3) is 0 Å². The smallest absolute Gasteiger partial charge is 0.0888 e. The van der Waals surface area contributed by atoms with Crippen molar-refractivity contribution in [3.05, 3.63) is 11.6 Å². The van der Waals surface area contributed by atoms with Crippen LogP contribution in [-0.4, -0.2) is 44.3 Å². The molecule has 0 radical (unpaired) electrons. The summed E-state index contributed by atoms with van der Waals surface area (Å²) < 4.78 is 6.59. The van der Waals surface area contributed by atoms with Crippen LogP contribution in [0, 0.1) is 34.5 Å². The number of allylic oxidation sites excluding steroid dienone is 2. The van der Waals surface area contributed by atoms with Crippen LogP contribution in [0.15, 0.2) is 11.6 Å². The highest BCUT2D eigenvalue weighted by atomic mass is 16.5. The molecule has 1 saturated heterocycles. The Balaban J connectivity index is 1.59. The fourth-order valence-electron chi connectivity index (χ4n) is 9.08. The molecule has 4 rings (SSSR count). The van der Waals surface area contributed by atoms with E-state index in [1.54, 1.807) is 0 Å². The summed E-state index contributed by atoms with van der Waals surface area (Å²) >= 11 is 0. The van der Waals surface area contributed by atoms with Crippen molar-refractivity contribution in [2.75, 3.05) is 0 Å². The van der Waals surface area contributed by atoms with Crippen LogP contribution in [0.25, 0.3) is 0 Å². The summed E-state index contributed by atoms with van der Waals surface area (Å²) in [5, 5.41) is 33.5. The van der Waals surface area contributed by atoms with E-state index in [2.05, 4.69) is 33.8 Å². The zero-order valence-electron chi connectivity index (χ0n) is 23.2. The summed E-state index contributed by atoms with van der Waals surface area (Å²) in [5.41, 5.74) is -0.412. The molecule has 0 aromatic heterocycles. The second kappa shape index (κ2) is 8.57. The van der Waals surface area contributed by atoms with Gasteiger partial charge in [0, 0.05) is 0 Å². The molecule has 0 spiro atoms. The Morgan fingerprint density at radius 3 is 2.18 bits per heavy atom. The molecular formula is C30H52O4. The van der Waals surface area contributed by atoms with Crippen molar-refractivity contribution in [1.82, 2.24) is 0 Å². The largest absolute Gasteiger partial charge is 0.390 e. The van der Waals surface area contributed by atoms with Gasteiger partial charge in [-0.25, -0.2) is 0 Å². The lowest BCUT2D eigenvalue weighted by Crippen LogP contribution is -2.56. The van der Waals surface area contributed by atoms with Crippen molar-refractivity contribution in [1.29, 1.82) is 0 Å². The van der Waals surface area contributed by atoms with Crippen LogP contribution < -0.4 is 0 Å². The third-order valence-corrected chi connectivity index (χ3v) is 11.5. The molecule has 3 aliphatic carbocycles. The van der Waals surface area contributed by atoms with Crippen molar-refractivity contribution in [2.45, 2.75) is 142 Å².